The van der Waals surface area contributed by atoms with Crippen molar-refractivity contribution >= 4 is 0 Å². The van der Waals surface area contributed by atoms with E-state index in [1.54, 1.807) is 6.92 Å². The van der Waals surface area contributed by atoms with Crippen molar-refractivity contribution in [3.63, 3.8) is 0 Å². The van der Waals surface area contributed by atoms with Crippen molar-refractivity contribution in [2.24, 2.45) is 5.92 Å². The van der Waals surface area contributed by atoms with Crippen LogP contribution in [-0.2, 0) is 13.0 Å². The average Bonchev–Trinajstić information content (AvgIpc) is 3.15. The predicted octanol–water partition coefficient (Wildman–Crippen LogP) is 4.71. The number of aromatic nitrogens is 2. The Morgan fingerprint density at radius 2 is 1.94 bits per heavy atom. The molecule has 0 radical (unpaired) electrons. The van der Waals surface area contributed by atoms with E-state index in [0.29, 0.717) is 11.1 Å². The van der Waals surface area contributed by atoms with Crippen LogP contribution in [0.15, 0.2) is 48.7 Å². The lowest BCUT2D eigenvalue weighted by atomic mass is 10.0. The number of ether oxygens (including phenoxy) is 1. The largest absolute Gasteiger partial charge is 0.573 e. The molecule has 0 spiro atoms. The molecule has 1 unspecified atom stereocenters. The summed E-state index contributed by atoms with van der Waals surface area (Å²) in [7, 11) is 0. The van der Waals surface area contributed by atoms with Crippen LogP contribution in [0, 0.1) is 24.7 Å². The highest BCUT2D eigenvalue weighted by Gasteiger charge is 2.31. The zero-order valence-corrected chi connectivity index (χ0v) is 16.9. The third kappa shape index (κ3) is 5.09. The lowest BCUT2D eigenvalue weighted by Gasteiger charge is -2.21. The van der Waals surface area contributed by atoms with Gasteiger partial charge in [-0.05, 0) is 49.2 Å². The number of halogens is 3. The van der Waals surface area contributed by atoms with E-state index in [2.05, 4.69) is 21.1 Å². The monoisotopic (exact) mass is 426 g/mol. The molecule has 2 heterocycles. The van der Waals surface area contributed by atoms with Gasteiger partial charge in [-0.2, -0.15) is 0 Å². The minimum atomic E-state index is -4.71. The van der Waals surface area contributed by atoms with Crippen LogP contribution >= 0.6 is 0 Å². The summed E-state index contributed by atoms with van der Waals surface area (Å²) in [5, 5.41) is 9.38. The van der Waals surface area contributed by atoms with E-state index in [1.165, 1.54) is 18.2 Å². The molecule has 2 aromatic carbocycles. The number of rotatable bonds is 3. The first kappa shape index (κ1) is 21.0. The lowest BCUT2D eigenvalue weighted by Crippen LogP contribution is -2.22. The number of hydrogen-bond acceptors (Lipinski definition) is 3. The van der Waals surface area contributed by atoms with E-state index >= 15 is 0 Å². The maximum Gasteiger partial charge on any atom is 0.573 e. The summed E-state index contributed by atoms with van der Waals surface area (Å²) in [5.41, 5.74) is 3.92. The second-order valence-electron chi connectivity index (χ2n) is 7.63. The third-order valence-corrected chi connectivity index (χ3v) is 5.30. The summed E-state index contributed by atoms with van der Waals surface area (Å²) in [6, 6.07) is 11.8. The van der Waals surface area contributed by atoms with Gasteiger partial charge in [0, 0.05) is 48.4 Å². The molecule has 4 rings (SSSR count). The summed E-state index contributed by atoms with van der Waals surface area (Å²) in [6.07, 6.45) is -0.882. The van der Waals surface area contributed by atoms with Gasteiger partial charge in [-0.3, -0.25) is 0 Å². The Bertz CT molecular complexity index is 1140. The van der Waals surface area contributed by atoms with Crippen molar-refractivity contribution in [3.8, 4) is 28.8 Å². The fourth-order valence-corrected chi connectivity index (χ4v) is 3.64. The zero-order chi connectivity index (χ0) is 22.0. The van der Waals surface area contributed by atoms with Crippen LogP contribution in [0.3, 0.4) is 0 Å². The summed E-state index contributed by atoms with van der Waals surface area (Å²) in [6.45, 7) is 2.67. The van der Waals surface area contributed by atoms with Crippen molar-refractivity contribution in [1.82, 2.24) is 9.55 Å². The number of imidazole rings is 1. The van der Waals surface area contributed by atoms with E-state index < -0.39 is 6.36 Å². The lowest BCUT2D eigenvalue weighted by molar-refractivity contribution is -0.274. The van der Waals surface area contributed by atoms with Crippen molar-refractivity contribution in [2.45, 2.75) is 32.7 Å². The van der Waals surface area contributed by atoms with Gasteiger partial charge in [0.15, 0.2) is 0 Å². The molecule has 1 aliphatic heterocycles. The fourth-order valence-electron chi connectivity index (χ4n) is 3.64. The highest BCUT2D eigenvalue weighted by Crippen LogP contribution is 2.26. The molecule has 4 nitrogen and oxygen atoms in total. The van der Waals surface area contributed by atoms with Gasteiger partial charge in [-0.1, -0.05) is 24.0 Å². The van der Waals surface area contributed by atoms with E-state index in [0.717, 1.165) is 42.0 Å². The van der Waals surface area contributed by atoms with Gasteiger partial charge in [-0.25, -0.2) is 4.98 Å². The van der Waals surface area contributed by atoms with Crippen LogP contribution in [-0.4, -0.2) is 27.6 Å². The van der Waals surface area contributed by atoms with Crippen LogP contribution in [0.5, 0.6) is 5.75 Å². The molecule has 3 aromatic rings. The fraction of sp³-hybridized carbons (Fsp3) is 0.292. The molecule has 1 aromatic heterocycles. The van der Waals surface area contributed by atoms with Crippen molar-refractivity contribution in [3.05, 3.63) is 71.2 Å². The number of aryl methyl sites for hydroxylation is 2. The standard InChI is InChI=1S/C24H21F3N2O2/c1-16-12-21(31-24(25,26)27)10-9-19(16)6-2-17-3-7-20(8-4-17)22-14-29-13-18(15-30)5-11-23(29)28-22/h3-4,7-10,12,14,18,30H,5,11,13,15H2,1H3. The Morgan fingerprint density at radius 1 is 1.16 bits per heavy atom. The maximum absolute atomic E-state index is 12.3. The van der Waals surface area contributed by atoms with Crippen LogP contribution in [0.4, 0.5) is 13.2 Å². The van der Waals surface area contributed by atoms with Crippen LogP contribution in [0.2, 0.25) is 0 Å². The van der Waals surface area contributed by atoms with Crippen LogP contribution in [0.25, 0.3) is 11.3 Å². The van der Waals surface area contributed by atoms with Gasteiger partial charge < -0.3 is 14.4 Å². The van der Waals surface area contributed by atoms with Gasteiger partial charge in [0.05, 0.1) is 5.69 Å². The quantitative estimate of drug-likeness (QED) is 0.617. The van der Waals surface area contributed by atoms with Gasteiger partial charge in [0.2, 0.25) is 0 Å². The topological polar surface area (TPSA) is 47.3 Å². The number of hydrogen-bond donors (Lipinski definition) is 1. The SMILES string of the molecule is Cc1cc(OC(F)(F)F)ccc1C#Cc1ccc(-c2cn3c(n2)CCC(CO)C3)cc1. The Morgan fingerprint density at radius 3 is 2.61 bits per heavy atom. The number of alkyl halides is 3. The molecule has 1 atom stereocenters. The van der Waals surface area contributed by atoms with Crippen molar-refractivity contribution in [1.29, 1.82) is 0 Å². The van der Waals surface area contributed by atoms with E-state index in [9.17, 15) is 18.3 Å². The van der Waals surface area contributed by atoms with Crippen molar-refractivity contribution in [2.75, 3.05) is 6.61 Å². The minimum absolute atomic E-state index is 0.192. The van der Waals surface area contributed by atoms with Gasteiger partial charge in [0.25, 0.3) is 0 Å². The molecular formula is C24H21F3N2O2. The molecule has 1 N–H and O–H groups in total. The molecule has 160 valence electrons. The molecule has 0 aliphatic carbocycles. The second kappa shape index (κ2) is 8.48. The Hall–Kier alpha value is -3.24. The molecule has 0 saturated carbocycles. The Labute approximate surface area is 178 Å². The summed E-state index contributed by atoms with van der Waals surface area (Å²) >= 11 is 0. The van der Waals surface area contributed by atoms with Gasteiger partial charge in [0.1, 0.15) is 11.6 Å². The molecule has 7 heteroatoms. The molecular weight excluding hydrogens is 405 g/mol. The number of nitrogens with zero attached hydrogens (tertiary/aromatic N) is 2. The first-order valence-electron chi connectivity index (χ1n) is 9.96. The van der Waals surface area contributed by atoms with Crippen molar-refractivity contribution < 1.29 is 23.0 Å². The highest BCUT2D eigenvalue weighted by molar-refractivity contribution is 5.60. The zero-order valence-electron chi connectivity index (χ0n) is 16.9. The van der Waals surface area contributed by atoms with Crippen LogP contribution in [0.1, 0.15) is 28.9 Å². The second-order valence-corrected chi connectivity index (χ2v) is 7.63. The van der Waals surface area contributed by atoms with E-state index in [4.69, 9.17) is 4.98 Å². The Kier molecular flexibility index (Phi) is 5.75. The molecule has 0 amide bonds. The number of aliphatic hydroxyl groups excluding tert-OH is 1. The normalized spacial score (nSPS) is 15.7. The van der Waals surface area contributed by atoms with E-state index in [1.807, 2.05) is 30.5 Å². The van der Waals surface area contributed by atoms with E-state index in [-0.39, 0.29) is 18.3 Å². The number of fused-ring (bicyclic) bond motifs is 1. The smallest absolute Gasteiger partial charge is 0.406 e. The van der Waals surface area contributed by atoms with Crippen LogP contribution < -0.4 is 4.74 Å². The molecule has 0 bridgehead atoms. The molecule has 1 aliphatic rings. The number of benzene rings is 2. The highest BCUT2D eigenvalue weighted by atomic mass is 19.4. The summed E-state index contributed by atoms with van der Waals surface area (Å²) < 4.78 is 43.0. The number of aliphatic hydroxyl groups is 1. The minimum Gasteiger partial charge on any atom is -0.406 e. The first-order valence-corrected chi connectivity index (χ1v) is 9.96. The summed E-state index contributed by atoms with van der Waals surface area (Å²) in [4.78, 5) is 4.71. The van der Waals surface area contributed by atoms with Gasteiger partial charge >= 0.3 is 6.36 Å². The van der Waals surface area contributed by atoms with Gasteiger partial charge in [-0.15, -0.1) is 13.2 Å². The summed E-state index contributed by atoms with van der Waals surface area (Å²) in [5.74, 6) is 7.11. The predicted molar refractivity (Wildman–Crippen MR) is 110 cm³/mol. The molecule has 0 saturated heterocycles. The maximum atomic E-state index is 12.3. The third-order valence-electron chi connectivity index (χ3n) is 5.30. The molecule has 0 fully saturated rings. The first-order chi connectivity index (χ1) is 14.8. The average molecular weight is 426 g/mol. The molecule has 31 heavy (non-hydrogen) atoms. The Balaban J connectivity index is 1.48.